The number of nitrogens with one attached hydrogen (secondary N) is 1. The summed E-state index contributed by atoms with van der Waals surface area (Å²) in [6.45, 7) is 13.8. The van der Waals surface area contributed by atoms with Gasteiger partial charge in [0.25, 0.3) is 0 Å². The molecule has 0 saturated carbocycles. The van der Waals surface area contributed by atoms with Crippen molar-refractivity contribution in [1.29, 1.82) is 0 Å². The van der Waals surface area contributed by atoms with Crippen LogP contribution in [0.5, 0.6) is 0 Å². The van der Waals surface area contributed by atoms with E-state index in [4.69, 9.17) is 0 Å². The van der Waals surface area contributed by atoms with Gasteiger partial charge in [-0.1, -0.05) is 47.5 Å². The van der Waals surface area contributed by atoms with Crippen molar-refractivity contribution in [3.63, 3.8) is 0 Å². The molecule has 0 bridgehead atoms. The fourth-order valence-corrected chi connectivity index (χ4v) is 4.05. The Kier molecular flexibility index (Phi) is 8.58. The molecule has 0 fully saturated rings. The fourth-order valence-electron chi connectivity index (χ4n) is 2.92. The van der Waals surface area contributed by atoms with Gasteiger partial charge < -0.3 is 5.32 Å². The quantitative estimate of drug-likeness (QED) is 0.554. The highest BCUT2D eigenvalue weighted by molar-refractivity contribution is 7.11. The first-order chi connectivity index (χ1) is 10.0. The van der Waals surface area contributed by atoms with E-state index in [1.165, 1.54) is 49.9 Å². The zero-order valence-electron chi connectivity index (χ0n) is 14.8. The lowest BCUT2D eigenvalue weighted by Crippen LogP contribution is -2.37. The van der Waals surface area contributed by atoms with Gasteiger partial charge in [-0.2, -0.15) is 0 Å². The molecule has 0 aliphatic carbocycles. The van der Waals surface area contributed by atoms with Gasteiger partial charge >= 0.3 is 0 Å². The van der Waals surface area contributed by atoms with Gasteiger partial charge in [-0.3, -0.25) is 0 Å². The minimum absolute atomic E-state index is 0.445. The van der Waals surface area contributed by atoms with Crippen molar-refractivity contribution < 1.29 is 0 Å². The van der Waals surface area contributed by atoms with Gasteiger partial charge in [0.15, 0.2) is 0 Å². The summed E-state index contributed by atoms with van der Waals surface area (Å²) in [4.78, 5) is 3.11. The molecule has 21 heavy (non-hydrogen) atoms. The number of rotatable bonds is 11. The second-order valence-electron chi connectivity index (χ2n) is 6.88. The van der Waals surface area contributed by atoms with Gasteiger partial charge in [0.2, 0.25) is 0 Å². The van der Waals surface area contributed by atoms with Crippen molar-refractivity contribution in [2.24, 2.45) is 11.3 Å². The number of hydrogen-bond donors (Lipinski definition) is 1. The van der Waals surface area contributed by atoms with Gasteiger partial charge in [0.1, 0.15) is 0 Å². The van der Waals surface area contributed by atoms with Gasteiger partial charge in [-0.25, -0.2) is 0 Å². The smallest absolute Gasteiger partial charge is 0.00541 e. The second kappa shape index (κ2) is 9.63. The Morgan fingerprint density at radius 1 is 1.14 bits per heavy atom. The summed E-state index contributed by atoms with van der Waals surface area (Å²) >= 11 is 2.02. The van der Waals surface area contributed by atoms with E-state index in [0.29, 0.717) is 5.41 Å². The van der Waals surface area contributed by atoms with Crippen LogP contribution in [0.15, 0.2) is 12.1 Å². The van der Waals surface area contributed by atoms with Gasteiger partial charge in [0.05, 0.1) is 0 Å². The van der Waals surface area contributed by atoms with E-state index in [0.717, 1.165) is 12.5 Å². The van der Waals surface area contributed by atoms with Crippen molar-refractivity contribution in [3.05, 3.63) is 21.9 Å². The van der Waals surface area contributed by atoms with Crippen LogP contribution < -0.4 is 5.32 Å². The lowest BCUT2D eigenvalue weighted by Gasteiger charge is -2.33. The highest BCUT2D eigenvalue weighted by atomic mass is 32.1. The molecule has 0 aliphatic rings. The first-order valence-corrected chi connectivity index (χ1v) is 9.65. The second-order valence-corrected chi connectivity index (χ2v) is 8.13. The molecule has 1 unspecified atom stereocenters. The highest BCUT2D eigenvalue weighted by Crippen LogP contribution is 2.35. The number of unbranched alkanes of at least 4 members (excludes halogenated alkanes) is 1. The predicted molar refractivity (Wildman–Crippen MR) is 97.4 cm³/mol. The third-order valence-electron chi connectivity index (χ3n) is 4.48. The number of aryl methyl sites for hydroxylation is 1. The molecular weight excluding hydrogens is 274 g/mol. The van der Waals surface area contributed by atoms with E-state index in [1.807, 2.05) is 11.3 Å². The Balaban J connectivity index is 2.72. The Hall–Kier alpha value is -0.340. The fraction of sp³-hybridized carbons (Fsp3) is 0.789. The van der Waals surface area contributed by atoms with Crippen molar-refractivity contribution in [2.75, 3.05) is 13.1 Å². The minimum atomic E-state index is 0.445. The van der Waals surface area contributed by atoms with Crippen LogP contribution in [-0.2, 0) is 12.8 Å². The van der Waals surface area contributed by atoms with E-state index in [9.17, 15) is 0 Å². The normalized spacial score (nSPS) is 14.6. The lowest BCUT2D eigenvalue weighted by atomic mass is 9.76. The van der Waals surface area contributed by atoms with Crippen LogP contribution in [0.25, 0.3) is 0 Å². The Morgan fingerprint density at radius 2 is 1.86 bits per heavy atom. The molecule has 1 aromatic heterocycles. The maximum atomic E-state index is 3.73. The van der Waals surface area contributed by atoms with Crippen molar-refractivity contribution in [3.8, 4) is 0 Å². The molecule has 0 amide bonds. The summed E-state index contributed by atoms with van der Waals surface area (Å²) in [6.07, 6.45) is 7.70. The maximum absolute atomic E-state index is 3.73. The molecule has 1 heterocycles. The molecule has 0 radical (unpaired) electrons. The molecule has 122 valence electrons. The molecule has 0 aromatic carbocycles. The summed E-state index contributed by atoms with van der Waals surface area (Å²) < 4.78 is 0. The lowest BCUT2D eigenvalue weighted by molar-refractivity contribution is 0.227. The van der Waals surface area contributed by atoms with Gasteiger partial charge in [-0.15, -0.1) is 11.3 Å². The van der Waals surface area contributed by atoms with E-state index >= 15 is 0 Å². The molecule has 0 spiro atoms. The maximum Gasteiger partial charge on any atom is 0.00541 e. The Bertz CT molecular complexity index is 383. The SMILES string of the molecule is CCCCC(CC)(CNCC(C)C)Cc1ccc(CC)s1. The molecule has 1 atom stereocenters. The number of thiophene rings is 1. The first kappa shape index (κ1) is 18.7. The first-order valence-electron chi connectivity index (χ1n) is 8.83. The molecule has 1 N–H and O–H groups in total. The molecule has 1 rings (SSSR count). The van der Waals surface area contributed by atoms with E-state index in [2.05, 4.69) is 52.1 Å². The minimum Gasteiger partial charge on any atom is -0.316 e. The number of hydrogen-bond acceptors (Lipinski definition) is 2. The zero-order chi connectivity index (χ0) is 15.7. The standard InChI is InChI=1S/C19H35NS/c1-6-9-12-19(8-3,15-20-14-16(4)5)13-18-11-10-17(7-2)21-18/h10-11,16,20H,6-9,12-15H2,1-5H3. The molecule has 0 saturated heterocycles. The third-order valence-corrected chi connectivity index (χ3v) is 5.71. The van der Waals surface area contributed by atoms with Crippen LogP contribution in [0, 0.1) is 11.3 Å². The highest BCUT2D eigenvalue weighted by Gasteiger charge is 2.28. The average molecular weight is 310 g/mol. The van der Waals surface area contributed by atoms with Crippen LogP contribution in [0.4, 0.5) is 0 Å². The molecule has 1 nitrogen and oxygen atoms in total. The topological polar surface area (TPSA) is 12.0 Å². The van der Waals surface area contributed by atoms with Crippen LogP contribution in [-0.4, -0.2) is 13.1 Å². The Morgan fingerprint density at radius 3 is 2.38 bits per heavy atom. The monoisotopic (exact) mass is 309 g/mol. The van der Waals surface area contributed by atoms with Crippen molar-refractivity contribution in [2.45, 2.75) is 73.1 Å². The van der Waals surface area contributed by atoms with Crippen LogP contribution in [0.2, 0.25) is 0 Å². The largest absolute Gasteiger partial charge is 0.316 e. The van der Waals surface area contributed by atoms with E-state index in [1.54, 1.807) is 4.88 Å². The molecule has 1 aromatic rings. The summed E-state index contributed by atoms with van der Waals surface area (Å²) in [5.74, 6) is 0.735. The molecule has 2 heteroatoms. The van der Waals surface area contributed by atoms with Crippen LogP contribution in [0.1, 0.15) is 70.1 Å². The summed E-state index contributed by atoms with van der Waals surface area (Å²) in [6, 6.07) is 4.68. The summed E-state index contributed by atoms with van der Waals surface area (Å²) in [7, 11) is 0. The van der Waals surface area contributed by atoms with Gasteiger partial charge in [0, 0.05) is 16.3 Å². The van der Waals surface area contributed by atoms with E-state index in [-0.39, 0.29) is 0 Å². The summed E-state index contributed by atoms with van der Waals surface area (Å²) in [5.41, 5.74) is 0.445. The summed E-state index contributed by atoms with van der Waals surface area (Å²) in [5, 5.41) is 3.73. The van der Waals surface area contributed by atoms with Crippen LogP contribution >= 0.6 is 11.3 Å². The molecular formula is C19H35NS. The zero-order valence-corrected chi connectivity index (χ0v) is 15.6. The van der Waals surface area contributed by atoms with Crippen LogP contribution in [0.3, 0.4) is 0 Å². The molecule has 0 aliphatic heterocycles. The van der Waals surface area contributed by atoms with E-state index < -0.39 is 0 Å². The predicted octanol–water partition coefficient (Wildman–Crippen LogP) is 5.69. The Labute approximate surface area is 136 Å². The van der Waals surface area contributed by atoms with Gasteiger partial charge in [-0.05, 0) is 55.7 Å². The third kappa shape index (κ3) is 6.52. The van der Waals surface area contributed by atoms with Crippen molar-refractivity contribution >= 4 is 11.3 Å². The van der Waals surface area contributed by atoms with Crippen molar-refractivity contribution in [1.82, 2.24) is 5.32 Å². The average Bonchev–Trinajstić information content (AvgIpc) is 2.91.